The van der Waals surface area contributed by atoms with Crippen molar-refractivity contribution in [2.24, 2.45) is 0 Å². The summed E-state index contributed by atoms with van der Waals surface area (Å²) in [6.45, 7) is 5.60. The number of hydrogen-bond acceptors (Lipinski definition) is 5. The van der Waals surface area contributed by atoms with Gasteiger partial charge in [0.25, 0.3) is 0 Å². The van der Waals surface area contributed by atoms with Crippen LogP contribution in [0.1, 0.15) is 18.2 Å². The summed E-state index contributed by atoms with van der Waals surface area (Å²) in [5.74, 6) is 0. The molecule has 0 saturated heterocycles. The van der Waals surface area contributed by atoms with Crippen LogP contribution in [0.4, 0.5) is 9.93 Å². The van der Waals surface area contributed by atoms with Gasteiger partial charge in [-0.05, 0) is 24.2 Å². The second kappa shape index (κ2) is 10.7. The molecule has 9 heteroatoms. The van der Waals surface area contributed by atoms with Crippen LogP contribution >= 0.6 is 34.5 Å². The van der Waals surface area contributed by atoms with Gasteiger partial charge in [-0.2, -0.15) is 0 Å². The Morgan fingerprint density at radius 3 is 2.85 bits per heavy atom. The highest BCUT2D eigenvalue weighted by Gasteiger charge is 2.10. The van der Waals surface area contributed by atoms with Crippen LogP contribution in [0.2, 0.25) is 10.0 Å². The fourth-order valence-corrected chi connectivity index (χ4v) is 3.23. The molecule has 0 saturated carbocycles. The minimum atomic E-state index is -0.316. The lowest BCUT2D eigenvalue weighted by molar-refractivity contribution is 0.147. The molecule has 0 spiro atoms. The van der Waals surface area contributed by atoms with Crippen LogP contribution in [-0.4, -0.2) is 42.7 Å². The number of halogens is 2. The molecule has 0 radical (unpaired) electrons. The smallest absolute Gasteiger partial charge is 0.321 e. The number of nitrogens with zero attached hydrogens (tertiary/aromatic N) is 2. The number of amides is 2. The van der Waals surface area contributed by atoms with Gasteiger partial charge in [-0.3, -0.25) is 10.2 Å². The largest absolute Gasteiger partial charge is 0.383 e. The number of anilines is 1. The van der Waals surface area contributed by atoms with E-state index in [4.69, 9.17) is 27.9 Å². The van der Waals surface area contributed by atoms with Gasteiger partial charge in [0, 0.05) is 32.1 Å². The van der Waals surface area contributed by atoms with Gasteiger partial charge in [-0.1, -0.05) is 36.2 Å². The lowest BCUT2D eigenvalue weighted by Crippen LogP contribution is -2.28. The molecule has 2 rings (SSSR count). The number of likely N-dealkylation sites (N-methyl/N-ethyl adjacent to an activating group) is 1. The van der Waals surface area contributed by atoms with Gasteiger partial charge < -0.3 is 10.1 Å². The van der Waals surface area contributed by atoms with Crippen LogP contribution in [0.15, 0.2) is 23.6 Å². The molecule has 2 amide bonds. The van der Waals surface area contributed by atoms with E-state index in [1.165, 1.54) is 11.3 Å². The number of carbonyl (C=O) groups is 1. The molecule has 6 nitrogen and oxygen atoms in total. The summed E-state index contributed by atoms with van der Waals surface area (Å²) >= 11 is 13.2. The van der Waals surface area contributed by atoms with Gasteiger partial charge in [0.05, 0.1) is 22.3 Å². The van der Waals surface area contributed by atoms with Crippen molar-refractivity contribution in [3.8, 4) is 0 Å². The van der Waals surface area contributed by atoms with E-state index in [0.717, 1.165) is 30.9 Å². The zero-order valence-corrected chi connectivity index (χ0v) is 17.0. The van der Waals surface area contributed by atoms with Crippen LogP contribution < -0.4 is 10.6 Å². The minimum Gasteiger partial charge on any atom is -0.383 e. The van der Waals surface area contributed by atoms with Gasteiger partial charge in [0.1, 0.15) is 0 Å². The highest BCUT2D eigenvalue weighted by Crippen LogP contribution is 2.22. The van der Waals surface area contributed by atoms with Gasteiger partial charge in [-0.25, -0.2) is 9.78 Å². The lowest BCUT2D eigenvalue weighted by atomic mass is 10.2. The summed E-state index contributed by atoms with van der Waals surface area (Å²) in [7, 11) is 1.69. The average Bonchev–Trinajstić information content (AvgIpc) is 3.06. The first-order valence-corrected chi connectivity index (χ1v) is 9.79. The maximum absolute atomic E-state index is 12.0. The average molecular weight is 417 g/mol. The van der Waals surface area contributed by atoms with E-state index in [1.807, 2.05) is 11.4 Å². The maximum atomic E-state index is 12.0. The summed E-state index contributed by atoms with van der Waals surface area (Å²) in [5, 5.41) is 8.98. The second-order valence-electron chi connectivity index (χ2n) is 5.56. The van der Waals surface area contributed by atoms with E-state index in [1.54, 1.807) is 19.2 Å². The molecule has 0 unspecified atom stereocenters. The lowest BCUT2D eigenvalue weighted by Gasteiger charge is -2.18. The molecule has 1 aromatic carbocycles. The third-order valence-corrected chi connectivity index (χ3v) is 5.20. The normalized spacial score (nSPS) is 11.0. The Balaban J connectivity index is 1.81. The molecule has 1 heterocycles. The van der Waals surface area contributed by atoms with E-state index in [9.17, 15) is 4.79 Å². The zero-order chi connectivity index (χ0) is 18.9. The van der Waals surface area contributed by atoms with Crippen molar-refractivity contribution in [1.82, 2.24) is 15.2 Å². The quantitative estimate of drug-likeness (QED) is 0.641. The molecule has 0 aliphatic heterocycles. The van der Waals surface area contributed by atoms with Crippen LogP contribution in [0.25, 0.3) is 0 Å². The Kier molecular flexibility index (Phi) is 8.61. The van der Waals surface area contributed by atoms with E-state index < -0.39 is 0 Å². The van der Waals surface area contributed by atoms with E-state index in [-0.39, 0.29) is 6.03 Å². The van der Waals surface area contributed by atoms with Crippen LogP contribution in [0.5, 0.6) is 0 Å². The summed E-state index contributed by atoms with van der Waals surface area (Å²) < 4.78 is 5.11. The Labute approximate surface area is 167 Å². The molecule has 2 N–H and O–H groups in total. The molecule has 142 valence electrons. The standard InChI is InChI=1S/C17H22Cl2N4O2S/c1-3-23(6-7-25-2)10-13-11-26-17(21-13)22-16(24)20-9-12-4-5-14(18)15(19)8-12/h4-5,8,11H,3,6-7,9-10H2,1-2H3,(H2,20,21,22,24). The van der Waals surface area contributed by atoms with Crippen LogP contribution in [0, 0.1) is 0 Å². The molecular formula is C17H22Cl2N4O2S. The molecule has 0 bridgehead atoms. The molecule has 0 atom stereocenters. The molecule has 0 fully saturated rings. The summed E-state index contributed by atoms with van der Waals surface area (Å²) in [4.78, 5) is 18.7. The number of carbonyl (C=O) groups excluding carboxylic acids is 1. The fraction of sp³-hybridized carbons (Fsp3) is 0.412. The summed E-state index contributed by atoms with van der Waals surface area (Å²) in [5.41, 5.74) is 1.79. The Morgan fingerprint density at radius 1 is 1.35 bits per heavy atom. The topological polar surface area (TPSA) is 66.5 Å². The number of ether oxygens (including phenoxy) is 1. The first kappa shape index (κ1) is 20.9. The maximum Gasteiger partial charge on any atom is 0.321 e. The Bertz CT molecular complexity index is 727. The predicted octanol–water partition coefficient (Wildman–Crippen LogP) is 4.24. The van der Waals surface area contributed by atoms with Crippen molar-refractivity contribution in [2.75, 3.05) is 32.1 Å². The Morgan fingerprint density at radius 2 is 2.15 bits per heavy atom. The zero-order valence-electron chi connectivity index (χ0n) is 14.7. The number of aromatic nitrogens is 1. The van der Waals surface area contributed by atoms with E-state index in [2.05, 4.69) is 27.4 Å². The summed E-state index contributed by atoms with van der Waals surface area (Å²) in [6, 6.07) is 4.93. The molecule has 2 aromatic rings. The van der Waals surface area contributed by atoms with Gasteiger partial charge >= 0.3 is 6.03 Å². The number of thiazole rings is 1. The molecule has 1 aromatic heterocycles. The monoisotopic (exact) mass is 416 g/mol. The number of hydrogen-bond donors (Lipinski definition) is 2. The molecule has 26 heavy (non-hydrogen) atoms. The SMILES string of the molecule is CCN(CCOC)Cc1csc(NC(=O)NCc2ccc(Cl)c(Cl)c2)n1. The van der Waals surface area contributed by atoms with Crippen molar-refractivity contribution in [2.45, 2.75) is 20.0 Å². The first-order chi connectivity index (χ1) is 12.5. The number of methoxy groups -OCH3 is 1. The Hall–Kier alpha value is -1.38. The van der Waals surface area contributed by atoms with Gasteiger partial charge in [-0.15, -0.1) is 11.3 Å². The van der Waals surface area contributed by atoms with Crippen molar-refractivity contribution in [3.05, 3.63) is 44.9 Å². The minimum absolute atomic E-state index is 0.316. The van der Waals surface area contributed by atoms with Crippen molar-refractivity contribution in [3.63, 3.8) is 0 Å². The van der Waals surface area contributed by atoms with Crippen LogP contribution in [-0.2, 0) is 17.8 Å². The molecule has 0 aliphatic carbocycles. The van der Waals surface area contributed by atoms with E-state index >= 15 is 0 Å². The summed E-state index contributed by atoms with van der Waals surface area (Å²) in [6.07, 6.45) is 0. The molecule has 0 aliphatic rings. The third-order valence-electron chi connectivity index (χ3n) is 3.65. The van der Waals surface area contributed by atoms with Gasteiger partial charge in [0.15, 0.2) is 5.13 Å². The number of benzene rings is 1. The van der Waals surface area contributed by atoms with E-state index in [0.29, 0.717) is 28.3 Å². The van der Waals surface area contributed by atoms with Crippen molar-refractivity contribution >= 4 is 45.7 Å². The van der Waals surface area contributed by atoms with Crippen molar-refractivity contribution in [1.29, 1.82) is 0 Å². The fourth-order valence-electron chi connectivity index (χ4n) is 2.21. The number of rotatable bonds is 9. The third kappa shape index (κ3) is 6.74. The second-order valence-corrected chi connectivity index (χ2v) is 7.23. The first-order valence-electron chi connectivity index (χ1n) is 8.16. The molecular weight excluding hydrogens is 395 g/mol. The van der Waals surface area contributed by atoms with Crippen molar-refractivity contribution < 1.29 is 9.53 Å². The highest BCUT2D eigenvalue weighted by atomic mass is 35.5. The number of urea groups is 1. The van der Waals surface area contributed by atoms with Crippen LogP contribution in [0.3, 0.4) is 0 Å². The predicted molar refractivity (Wildman–Crippen MR) is 107 cm³/mol. The van der Waals surface area contributed by atoms with Gasteiger partial charge in [0.2, 0.25) is 0 Å². The highest BCUT2D eigenvalue weighted by molar-refractivity contribution is 7.13. The number of nitrogens with one attached hydrogen (secondary N) is 2.